The Hall–Kier alpha value is -5.59. The first kappa shape index (κ1) is 35.1. The maximum Gasteiger partial charge on any atom is 0.235 e. The van der Waals surface area contributed by atoms with Gasteiger partial charge in [-0.15, -0.1) is 10.2 Å². The summed E-state index contributed by atoms with van der Waals surface area (Å²) in [7, 11) is 1.92. The number of imide groups is 1. The molecule has 4 aromatic heterocycles. The van der Waals surface area contributed by atoms with E-state index in [4.69, 9.17) is 14.5 Å². The molecule has 3 aliphatic rings. The number of nitrogens with zero attached hydrogens (tertiary/aromatic N) is 9. The van der Waals surface area contributed by atoms with E-state index in [1.807, 2.05) is 24.0 Å². The van der Waals surface area contributed by atoms with Crippen LogP contribution < -0.4 is 20.4 Å². The van der Waals surface area contributed by atoms with Crippen LogP contribution in [0.1, 0.15) is 56.7 Å². The van der Waals surface area contributed by atoms with Crippen molar-refractivity contribution in [3.8, 4) is 16.6 Å². The van der Waals surface area contributed by atoms with Crippen LogP contribution in [0.3, 0.4) is 0 Å². The first-order chi connectivity index (χ1) is 26.7. The van der Waals surface area contributed by atoms with Crippen molar-refractivity contribution in [2.24, 2.45) is 13.0 Å². The van der Waals surface area contributed by atoms with Gasteiger partial charge in [-0.05, 0) is 75.4 Å². The van der Waals surface area contributed by atoms with Gasteiger partial charge in [0.05, 0.1) is 40.0 Å². The number of hydrogen-bond acceptors (Lipinski definition) is 13. The number of nitrogens with one attached hydrogen (secondary N) is 2. The van der Waals surface area contributed by atoms with Crippen LogP contribution in [0, 0.1) is 17.2 Å². The number of amides is 2. The lowest BCUT2D eigenvalue weighted by Crippen LogP contribution is -2.49. The molecule has 2 aromatic carbocycles. The SMILES string of the molecule is CC(C)Nc1c(-c2nnc(N3CCN(CC4CCN(c5ccc6c(C7CCC(=O)NC7=O)nn(C)c6c5)CC4)CC3)s2)cnc2c1oc1cc(C#N)ccc12. The molecule has 9 rings (SSSR count). The Morgan fingerprint density at radius 2 is 1.80 bits per heavy atom. The van der Waals surface area contributed by atoms with Crippen LogP contribution in [-0.4, -0.2) is 93.5 Å². The summed E-state index contributed by atoms with van der Waals surface area (Å²) in [6.07, 6.45) is 4.97. The molecule has 2 amide bonds. The molecule has 0 aliphatic carbocycles. The quantitative estimate of drug-likeness (QED) is 0.184. The number of carbonyl (C=O) groups excluding carboxylic acids is 2. The Morgan fingerprint density at radius 1 is 1.00 bits per heavy atom. The van der Waals surface area contributed by atoms with Crippen LogP contribution >= 0.6 is 11.3 Å². The molecule has 3 saturated heterocycles. The minimum Gasteiger partial charge on any atom is -0.452 e. The van der Waals surface area contributed by atoms with Crippen molar-refractivity contribution >= 4 is 72.6 Å². The Kier molecular flexibility index (Phi) is 9.10. The second kappa shape index (κ2) is 14.2. The Morgan fingerprint density at radius 3 is 2.56 bits per heavy atom. The average Bonchev–Trinajstić information content (AvgIpc) is 3.91. The van der Waals surface area contributed by atoms with Crippen LogP contribution in [0.5, 0.6) is 0 Å². The van der Waals surface area contributed by atoms with E-state index < -0.39 is 5.92 Å². The third-order valence-corrected chi connectivity index (χ3v) is 12.3. The highest BCUT2D eigenvalue weighted by molar-refractivity contribution is 7.18. The number of piperidine rings is 2. The Bertz CT molecular complexity index is 2480. The Labute approximate surface area is 322 Å². The minimum atomic E-state index is -0.398. The predicted octanol–water partition coefficient (Wildman–Crippen LogP) is 5.64. The smallest absolute Gasteiger partial charge is 0.235 e. The zero-order chi connectivity index (χ0) is 37.8. The molecule has 1 atom stereocenters. The van der Waals surface area contributed by atoms with Gasteiger partial charge in [0.1, 0.15) is 11.1 Å². The predicted molar refractivity (Wildman–Crippen MR) is 213 cm³/mol. The van der Waals surface area contributed by atoms with E-state index in [9.17, 15) is 14.9 Å². The van der Waals surface area contributed by atoms with Gasteiger partial charge < -0.3 is 19.5 Å². The number of furan rings is 1. The van der Waals surface area contributed by atoms with E-state index in [2.05, 4.69) is 73.6 Å². The molecule has 3 aliphatic heterocycles. The number of pyridine rings is 1. The number of hydrogen-bond donors (Lipinski definition) is 2. The number of nitriles is 1. The standard InChI is InChI=1S/C40H43N11O3S/c1-23(2)43-36-30(21-42-35-28-6-4-25(20-41)18-32(28)54-37(35)36)39-45-46-40(55-39)51-16-14-49(15-17-51)22-24-10-12-50(13-11-24)26-5-7-27-31(19-26)48(3)47-34(27)29-8-9-33(52)44-38(29)53/h4-7,18-19,21,23-24,29H,8-17,22H2,1-3H3,(H,42,43)(H,44,52,53). The Balaban J connectivity index is 0.816. The van der Waals surface area contributed by atoms with Gasteiger partial charge in [0, 0.05) is 88.0 Å². The molecule has 3 fully saturated rings. The van der Waals surface area contributed by atoms with Crippen molar-refractivity contribution < 1.29 is 14.0 Å². The topological polar surface area (TPSA) is 161 Å². The second-order valence-electron chi connectivity index (χ2n) is 15.3. The fraction of sp³-hybridized carbons (Fsp3) is 0.425. The van der Waals surface area contributed by atoms with Gasteiger partial charge in [-0.3, -0.25) is 29.5 Å². The molecule has 14 nitrogen and oxygen atoms in total. The summed E-state index contributed by atoms with van der Waals surface area (Å²) in [4.78, 5) is 36.5. The lowest BCUT2D eigenvalue weighted by molar-refractivity contribution is -0.134. The minimum absolute atomic E-state index is 0.151. The van der Waals surface area contributed by atoms with Crippen LogP contribution in [0.4, 0.5) is 16.5 Å². The molecular formula is C40H43N11O3S. The van der Waals surface area contributed by atoms with Gasteiger partial charge in [-0.1, -0.05) is 11.3 Å². The fourth-order valence-corrected chi connectivity index (χ4v) is 9.27. The number of fused-ring (bicyclic) bond motifs is 4. The van der Waals surface area contributed by atoms with Crippen LogP contribution in [0.2, 0.25) is 0 Å². The van der Waals surface area contributed by atoms with Crippen molar-refractivity contribution in [3.63, 3.8) is 0 Å². The largest absolute Gasteiger partial charge is 0.452 e. The first-order valence-corrected chi connectivity index (χ1v) is 19.9. The van der Waals surface area contributed by atoms with E-state index >= 15 is 0 Å². The highest BCUT2D eigenvalue weighted by Crippen LogP contribution is 2.41. The van der Waals surface area contributed by atoms with Gasteiger partial charge in [0.15, 0.2) is 10.6 Å². The van der Waals surface area contributed by atoms with E-state index in [0.717, 1.165) is 108 Å². The number of aromatic nitrogens is 5. The molecule has 0 saturated carbocycles. The molecule has 7 heterocycles. The summed E-state index contributed by atoms with van der Waals surface area (Å²) < 4.78 is 8.16. The van der Waals surface area contributed by atoms with Gasteiger partial charge in [-0.25, -0.2) is 0 Å². The number of benzene rings is 2. The third-order valence-electron chi connectivity index (χ3n) is 11.3. The summed E-state index contributed by atoms with van der Waals surface area (Å²) in [6, 6.07) is 14.2. The van der Waals surface area contributed by atoms with Crippen LogP contribution in [0.15, 0.2) is 47.0 Å². The van der Waals surface area contributed by atoms with Crippen molar-refractivity contribution in [3.05, 3.63) is 53.9 Å². The number of anilines is 3. The molecule has 0 radical (unpaired) electrons. The lowest BCUT2D eigenvalue weighted by Gasteiger charge is -2.39. The maximum atomic E-state index is 12.6. The highest BCUT2D eigenvalue weighted by Gasteiger charge is 2.32. The van der Waals surface area contributed by atoms with Gasteiger partial charge >= 0.3 is 0 Å². The van der Waals surface area contributed by atoms with Gasteiger partial charge in [0.25, 0.3) is 0 Å². The molecule has 0 spiro atoms. The first-order valence-electron chi connectivity index (χ1n) is 19.1. The van der Waals surface area contributed by atoms with Crippen LogP contribution in [0.25, 0.3) is 43.5 Å². The summed E-state index contributed by atoms with van der Waals surface area (Å²) in [5.41, 5.74) is 7.23. The summed E-state index contributed by atoms with van der Waals surface area (Å²) in [6.45, 7) is 11.1. The van der Waals surface area contributed by atoms with E-state index in [1.54, 1.807) is 23.5 Å². The van der Waals surface area contributed by atoms with Crippen molar-refractivity contribution in [1.82, 2.24) is 35.2 Å². The molecular weight excluding hydrogens is 715 g/mol. The zero-order valence-electron chi connectivity index (χ0n) is 31.2. The number of aryl methyl sites for hydroxylation is 1. The molecule has 2 N–H and O–H groups in total. The third kappa shape index (κ3) is 6.63. The average molecular weight is 758 g/mol. The van der Waals surface area contributed by atoms with Crippen molar-refractivity contribution in [2.45, 2.75) is 51.5 Å². The summed E-state index contributed by atoms with van der Waals surface area (Å²) in [5.74, 6) is -0.215. The summed E-state index contributed by atoms with van der Waals surface area (Å²) >= 11 is 1.58. The number of carbonyl (C=O) groups is 2. The maximum absolute atomic E-state index is 12.6. The zero-order valence-corrected chi connectivity index (χ0v) is 32.0. The van der Waals surface area contributed by atoms with E-state index in [0.29, 0.717) is 35.5 Å². The van der Waals surface area contributed by atoms with E-state index in [1.165, 1.54) is 5.69 Å². The number of rotatable bonds is 8. The van der Waals surface area contributed by atoms with Gasteiger partial charge in [-0.2, -0.15) is 10.4 Å². The van der Waals surface area contributed by atoms with E-state index in [-0.39, 0.29) is 17.9 Å². The molecule has 15 heteroatoms. The highest BCUT2D eigenvalue weighted by atomic mass is 32.1. The van der Waals surface area contributed by atoms with Crippen LogP contribution in [-0.2, 0) is 16.6 Å². The lowest BCUT2D eigenvalue weighted by atomic mass is 9.92. The molecule has 0 bridgehead atoms. The molecule has 282 valence electrons. The van der Waals surface area contributed by atoms with Crippen molar-refractivity contribution in [2.75, 3.05) is 60.9 Å². The van der Waals surface area contributed by atoms with Crippen molar-refractivity contribution in [1.29, 1.82) is 5.26 Å². The molecule has 6 aromatic rings. The monoisotopic (exact) mass is 757 g/mol. The molecule has 1 unspecified atom stereocenters. The number of piperazine rings is 1. The molecule has 55 heavy (non-hydrogen) atoms. The second-order valence-corrected chi connectivity index (χ2v) is 16.2. The van der Waals surface area contributed by atoms with Gasteiger partial charge in [0.2, 0.25) is 16.9 Å². The fourth-order valence-electron chi connectivity index (χ4n) is 8.36. The normalized spacial score (nSPS) is 18.9. The summed E-state index contributed by atoms with van der Waals surface area (Å²) in [5, 5.41) is 33.0.